The first-order valence-electron chi connectivity index (χ1n) is 7.05. The average molecular weight is 313 g/mol. The number of nitrogens with one attached hydrogen (secondary N) is 1. The number of rotatable bonds is 5. The van der Waals surface area contributed by atoms with Crippen LogP contribution >= 0.6 is 0 Å². The van der Waals surface area contributed by atoms with E-state index in [9.17, 15) is 8.42 Å². The van der Waals surface area contributed by atoms with Crippen molar-refractivity contribution < 1.29 is 13.2 Å². The number of methoxy groups -OCH3 is 1. The molecule has 1 aromatic rings. The Kier molecular flexibility index (Phi) is 5.08. The SMILES string of the molecule is CNS(=O)(=O)c1ccc(N)c(N2CCC(COC)CC2)c1. The Morgan fingerprint density at radius 1 is 1.38 bits per heavy atom. The Balaban J connectivity index is 2.19. The molecule has 0 atom stereocenters. The highest BCUT2D eigenvalue weighted by Crippen LogP contribution is 2.30. The Labute approximate surface area is 126 Å². The quantitative estimate of drug-likeness (QED) is 0.794. The van der Waals surface area contributed by atoms with Gasteiger partial charge in [0.05, 0.1) is 16.3 Å². The van der Waals surface area contributed by atoms with Crippen LogP contribution in [0.5, 0.6) is 0 Å². The number of anilines is 2. The van der Waals surface area contributed by atoms with Crippen molar-refractivity contribution in [3.63, 3.8) is 0 Å². The molecule has 0 bridgehead atoms. The van der Waals surface area contributed by atoms with Gasteiger partial charge in [0.1, 0.15) is 0 Å². The maximum atomic E-state index is 11.9. The maximum Gasteiger partial charge on any atom is 0.240 e. The molecule has 0 aromatic heterocycles. The molecule has 1 saturated heterocycles. The summed E-state index contributed by atoms with van der Waals surface area (Å²) in [6.07, 6.45) is 2.05. The van der Waals surface area contributed by atoms with Gasteiger partial charge in [0, 0.05) is 26.8 Å². The minimum absolute atomic E-state index is 0.244. The summed E-state index contributed by atoms with van der Waals surface area (Å²) < 4.78 is 31.3. The van der Waals surface area contributed by atoms with Crippen molar-refractivity contribution in [1.29, 1.82) is 0 Å². The Morgan fingerprint density at radius 2 is 2.05 bits per heavy atom. The van der Waals surface area contributed by atoms with Crippen molar-refractivity contribution in [2.75, 3.05) is 44.5 Å². The lowest BCUT2D eigenvalue weighted by molar-refractivity contribution is 0.139. The molecule has 118 valence electrons. The lowest BCUT2D eigenvalue weighted by Gasteiger charge is -2.34. The van der Waals surface area contributed by atoms with Crippen LogP contribution in [-0.2, 0) is 14.8 Å². The van der Waals surface area contributed by atoms with E-state index >= 15 is 0 Å². The molecule has 0 saturated carbocycles. The monoisotopic (exact) mass is 313 g/mol. The second-order valence-corrected chi connectivity index (χ2v) is 7.20. The zero-order valence-electron chi connectivity index (χ0n) is 12.5. The number of hydrogen-bond donors (Lipinski definition) is 2. The van der Waals surface area contributed by atoms with E-state index in [-0.39, 0.29) is 4.90 Å². The van der Waals surface area contributed by atoms with Crippen LogP contribution in [-0.4, -0.2) is 42.3 Å². The van der Waals surface area contributed by atoms with Crippen LogP contribution < -0.4 is 15.4 Å². The van der Waals surface area contributed by atoms with E-state index in [0.717, 1.165) is 38.2 Å². The second-order valence-electron chi connectivity index (χ2n) is 5.31. The van der Waals surface area contributed by atoms with E-state index in [1.165, 1.54) is 13.1 Å². The highest BCUT2D eigenvalue weighted by molar-refractivity contribution is 7.89. The molecular weight excluding hydrogens is 290 g/mol. The van der Waals surface area contributed by atoms with Crippen molar-refractivity contribution in [2.24, 2.45) is 5.92 Å². The van der Waals surface area contributed by atoms with Crippen LogP contribution in [0.15, 0.2) is 23.1 Å². The molecule has 7 heteroatoms. The van der Waals surface area contributed by atoms with Gasteiger partial charge in [-0.3, -0.25) is 0 Å². The van der Waals surface area contributed by atoms with Crippen LogP contribution in [0.25, 0.3) is 0 Å². The molecule has 0 amide bonds. The number of benzene rings is 1. The van der Waals surface area contributed by atoms with Gasteiger partial charge in [0.15, 0.2) is 0 Å². The molecule has 0 radical (unpaired) electrons. The number of hydrogen-bond acceptors (Lipinski definition) is 5. The molecule has 0 aliphatic carbocycles. The molecule has 3 N–H and O–H groups in total. The number of nitrogens with zero attached hydrogens (tertiary/aromatic N) is 1. The van der Waals surface area contributed by atoms with Gasteiger partial charge in [-0.05, 0) is 44.0 Å². The van der Waals surface area contributed by atoms with Crippen molar-refractivity contribution in [1.82, 2.24) is 4.72 Å². The van der Waals surface area contributed by atoms with Crippen LogP contribution in [0.1, 0.15) is 12.8 Å². The highest BCUT2D eigenvalue weighted by Gasteiger charge is 2.22. The van der Waals surface area contributed by atoms with Gasteiger partial charge >= 0.3 is 0 Å². The van der Waals surface area contributed by atoms with Crippen LogP contribution in [0.3, 0.4) is 0 Å². The largest absolute Gasteiger partial charge is 0.397 e. The van der Waals surface area contributed by atoms with E-state index in [4.69, 9.17) is 10.5 Å². The smallest absolute Gasteiger partial charge is 0.240 e. The van der Waals surface area contributed by atoms with E-state index < -0.39 is 10.0 Å². The van der Waals surface area contributed by atoms with Gasteiger partial charge in [0.2, 0.25) is 10.0 Å². The fraction of sp³-hybridized carbons (Fsp3) is 0.571. The number of nitrogen functional groups attached to an aromatic ring is 1. The summed E-state index contributed by atoms with van der Waals surface area (Å²) in [4.78, 5) is 2.39. The molecular formula is C14H23N3O3S. The minimum atomic E-state index is -3.45. The predicted octanol–water partition coefficient (Wildman–Crippen LogP) is 1.04. The van der Waals surface area contributed by atoms with E-state index in [1.807, 2.05) is 0 Å². The third-order valence-corrected chi connectivity index (χ3v) is 5.35. The molecule has 1 heterocycles. The van der Waals surface area contributed by atoms with Gasteiger partial charge in [0.25, 0.3) is 0 Å². The summed E-state index contributed by atoms with van der Waals surface area (Å²) in [7, 11) is -0.325. The van der Waals surface area contributed by atoms with Crippen molar-refractivity contribution in [2.45, 2.75) is 17.7 Å². The summed E-state index contributed by atoms with van der Waals surface area (Å²) in [6.45, 7) is 2.50. The zero-order valence-corrected chi connectivity index (χ0v) is 13.3. The van der Waals surface area contributed by atoms with Crippen LogP contribution in [0.4, 0.5) is 11.4 Å². The molecule has 0 unspecified atom stereocenters. The molecule has 1 aliphatic heterocycles. The maximum absolute atomic E-state index is 11.9. The van der Waals surface area contributed by atoms with E-state index in [1.54, 1.807) is 19.2 Å². The standard InChI is InChI=1S/C14H23N3O3S/c1-16-21(18,19)12-3-4-13(15)14(9-12)17-7-5-11(6-8-17)10-20-2/h3-4,9,11,16H,5-8,10,15H2,1-2H3. The lowest BCUT2D eigenvalue weighted by atomic mass is 9.97. The molecule has 1 aliphatic rings. The number of sulfonamides is 1. The fourth-order valence-corrected chi connectivity index (χ4v) is 3.41. The fourth-order valence-electron chi connectivity index (χ4n) is 2.66. The summed E-state index contributed by atoms with van der Waals surface area (Å²) in [5.74, 6) is 0.566. The number of piperidine rings is 1. The second kappa shape index (κ2) is 6.64. The normalized spacial score (nSPS) is 17.1. The Morgan fingerprint density at radius 3 is 2.62 bits per heavy atom. The molecule has 2 rings (SSSR count). The highest BCUT2D eigenvalue weighted by atomic mass is 32.2. The van der Waals surface area contributed by atoms with E-state index in [0.29, 0.717) is 11.6 Å². The number of ether oxygens (including phenoxy) is 1. The van der Waals surface area contributed by atoms with Crippen LogP contribution in [0, 0.1) is 5.92 Å². The Hall–Kier alpha value is -1.31. The molecule has 21 heavy (non-hydrogen) atoms. The average Bonchev–Trinajstić information content (AvgIpc) is 2.49. The molecule has 6 nitrogen and oxygen atoms in total. The van der Waals surface area contributed by atoms with Crippen molar-refractivity contribution >= 4 is 21.4 Å². The third-order valence-electron chi connectivity index (χ3n) is 3.94. The topological polar surface area (TPSA) is 84.7 Å². The third kappa shape index (κ3) is 3.66. The summed E-state index contributed by atoms with van der Waals surface area (Å²) in [5.41, 5.74) is 7.42. The first-order valence-corrected chi connectivity index (χ1v) is 8.53. The van der Waals surface area contributed by atoms with Gasteiger partial charge in [-0.2, -0.15) is 0 Å². The summed E-state index contributed by atoms with van der Waals surface area (Å²) >= 11 is 0. The first kappa shape index (κ1) is 16.1. The van der Waals surface area contributed by atoms with Crippen LogP contribution in [0.2, 0.25) is 0 Å². The molecule has 0 spiro atoms. The first-order chi connectivity index (χ1) is 9.97. The summed E-state index contributed by atoms with van der Waals surface area (Å²) in [6, 6.07) is 4.83. The number of nitrogens with two attached hydrogens (primary N) is 1. The predicted molar refractivity (Wildman–Crippen MR) is 83.9 cm³/mol. The zero-order chi connectivity index (χ0) is 15.5. The van der Waals surface area contributed by atoms with Gasteiger partial charge in [-0.15, -0.1) is 0 Å². The van der Waals surface area contributed by atoms with Crippen molar-refractivity contribution in [3.8, 4) is 0 Å². The summed E-state index contributed by atoms with van der Waals surface area (Å²) in [5, 5.41) is 0. The van der Waals surface area contributed by atoms with Gasteiger partial charge in [-0.25, -0.2) is 13.1 Å². The van der Waals surface area contributed by atoms with Gasteiger partial charge in [-0.1, -0.05) is 0 Å². The van der Waals surface area contributed by atoms with Gasteiger partial charge < -0.3 is 15.4 Å². The minimum Gasteiger partial charge on any atom is -0.397 e. The van der Waals surface area contributed by atoms with Crippen molar-refractivity contribution in [3.05, 3.63) is 18.2 Å². The van der Waals surface area contributed by atoms with E-state index in [2.05, 4.69) is 9.62 Å². The molecule has 1 fully saturated rings. The lowest BCUT2D eigenvalue weighted by Crippen LogP contribution is -2.35. The molecule has 1 aromatic carbocycles. The Bertz CT molecular complexity index is 581.